The summed E-state index contributed by atoms with van der Waals surface area (Å²) in [6.45, 7) is 6.58. The quantitative estimate of drug-likeness (QED) is 0.232. The Morgan fingerprint density at radius 3 is 2.56 bits per heavy atom. The number of aryl methyl sites for hydroxylation is 1. The second kappa shape index (κ2) is 11.2. The van der Waals surface area contributed by atoms with Gasteiger partial charge in [0, 0.05) is 21.3 Å². The van der Waals surface area contributed by atoms with E-state index in [4.69, 9.17) is 55.6 Å². The number of nitrogens with one attached hydrogen (secondary N) is 1. The Bertz CT molecular complexity index is 1410. The third-order valence-corrected chi connectivity index (χ3v) is 6.74. The minimum absolute atomic E-state index is 0.108. The van der Waals surface area contributed by atoms with Crippen LogP contribution in [0.5, 0.6) is 5.75 Å². The molecule has 0 radical (unpaired) electrons. The summed E-state index contributed by atoms with van der Waals surface area (Å²) in [5.74, 6) is 1.29. The van der Waals surface area contributed by atoms with Crippen LogP contribution in [0.3, 0.4) is 0 Å². The van der Waals surface area contributed by atoms with E-state index in [1.54, 1.807) is 41.2 Å². The molecule has 2 aromatic carbocycles. The van der Waals surface area contributed by atoms with Gasteiger partial charge in [-0.15, -0.1) is 0 Å². The maximum Gasteiger partial charge on any atom is 0.292 e. The van der Waals surface area contributed by atoms with E-state index in [0.29, 0.717) is 27.4 Å². The molecule has 6 nitrogen and oxygen atoms in total. The van der Waals surface area contributed by atoms with E-state index < -0.39 is 5.91 Å². The zero-order chi connectivity index (χ0) is 26.0. The third kappa shape index (κ3) is 6.19. The van der Waals surface area contributed by atoms with Crippen molar-refractivity contribution in [3.8, 4) is 5.75 Å². The number of carbonyl (C=O) groups is 1. The Morgan fingerprint density at radius 1 is 1.06 bits per heavy atom. The number of hydrogen-bond donors (Lipinski definition) is 1. The second-order valence-electron chi connectivity index (χ2n) is 8.56. The molecular formula is C26H23Cl4N3O3. The summed E-state index contributed by atoms with van der Waals surface area (Å²) >= 11 is 24.7. The Morgan fingerprint density at radius 2 is 1.83 bits per heavy atom. The lowest BCUT2D eigenvalue weighted by atomic mass is 10.0. The summed E-state index contributed by atoms with van der Waals surface area (Å²) in [6.07, 6.45) is 1.60. The van der Waals surface area contributed by atoms with Crippen molar-refractivity contribution in [1.82, 2.24) is 9.78 Å². The summed E-state index contributed by atoms with van der Waals surface area (Å²) in [5.41, 5.74) is 2.73. The molecule has 1 amide bonds. The van der Waals surface area contributed by atoms with Crippen LogP contribution in [0, 0.1) is 6.92 Å². The highest BCUT2D eigenvalue weighted by Gasteiger charge is 2.17. The Balaban J connectivity index is 1.41. The average Bonchev–Trinajstić information content (AvgIpc) is 3.42. The Hall–Kier alpha value is -2.64. The normalized spacial score (nSPS) is 11.2. The molecule has 1 N–H and O–H groups in total. The second-order valence-corrected chi connectivity index (χ2v) is 10.2. The van der Waals surface area contributed by atoms with Gasteiger partial charge in [0.25, 0.3) is 5.91 Å². The first-order valence-electron chi connectivity index (χ1n) is 11.1. The zero-order valence-electron chi connectivity index (χ0n) is 19.7. The van der Waals surface area contributed by atoms with Crippen LogP contribution in [-0.2, 0) is 13.2 Å². The molecule has 10 heteroatoms. The van der Waals surface area contributed by atoms with Gasteiger partial charge in [0.1, 0.15) is 23.1 Å². The molecule has 0 atom stereocenters. The van der Waals surface area contributed by atoms with E-state index in [2.05, 4.69) is 24.3 Å². The van der Waals surface area contributed by atoms with Crippen LogP contribution in [0.15, 0.2) is 53.1 Å². The topological polar surface area (TPSA) is 69.3 Å². The molecule has 0 fully saturated rings. The van der Waals surface area contributed by atoms with Crippen LogP contribution in [0.25, 0.3) is 0 Å². The molecule has 36 heavy (non-hydrogen) atoms. The lowest BCUT2D eigenvalue weighted by Gasteiger charge is -2.15. The SMILES string of the molecule is Cc1cc(OCc2ccc(C(=O)Nc3nn(Cc4ccc(Cl)cc4Cl)cc3Cl)o2)c(C(C)C)cc1Cl. The van der Waals surface area contributed by atoms with Crippen LogP contribution < -0.4 is 10.1 Å². The summed E-state index contributed by atoms with van der Waals surface area (Å²) in [7, 11) is 0. The number of hydrogen-bond acceptors (Lipinski definition) is 4. The number of benzene rings is 2. The highest BCUT2D eigenvalue weighted by molar-refractivity contribution is 6.35. The first kappa shape index (κ1) is 26.4. The highest BCUT2D eigenvalue weighted by Crippen LogP contribution is 2.32. The molecule has 0 aliphatic rings. The molecule has 2 heterocycles. The van der Waals surface area contributed by atoms with Gasteiger partial charge in [-0.1, -0.05) is 66.3 Å². The van der Waals surface area contributed by atoms with Crippen molar-refractivity contribution in [2.45, 2.75) is 39.8 Å². The molecular weight excluding hydrogens is 544 g/mol. The first-order chi connectivity index (χ1) is 17.1. The Labute approximate surface area is 229 Å². The molecule has 2 aromatic heterocycles. The van der Waals surface area contributed by atoms with Crippen molar-refractivity contribution in [3.63, 3.8) is 0 Å². The number of halogens is 4. The lowest BCUT2D eigenvalue weighted by Crippen LogP contribution is -2.12. The summed E-state index contributed by atoms with van der Waals surface area (Å²) in [5, 5.41) is 9.05. The number of amides is 1. The van der Waals surface area contributed by atoms with Crippen molar-refractivity contribution in [1.29, 1.82) is 0 Å². The van der Waals surface area contributed by atoms with Gasteiger partial charge in [-0.25, -0.2) is 0 Å². The minimum atomic E-state index is -0.483. The van der Waals surface area contributed by atoms with Gasteiger partial charge in [0.15, 0.2) is 11.6 Å². The predicted molar refractivity (Wildman–Crippen MR) is 144 cm³/mol. The van der Waals surface area contributed by atoms with E-state index in [1.165, 1.54) is 0 Å². The van der Waals surface area contributed by atoms with Crippen molar-refractivity contribution in [3.05, 3.63) is 97.0 Å². The molecule has 0 spiro atoms. The van der Waals surface area contributed by atoms with Crippen LogP contribution in [0.1, 0.15) is 52.8 Å². The summed E-state index contributed by atoms with van der Waals surface area (Å²) < 4.78 is 13.3. The smallest absolute Gasteiger partial charge is 0.292 e. The standard InChI is InChI=1S/C26H23Cl4N3O3/c1-14(2)19-10-20(28)15(3)8-24(19)35-13-18-6-7-23(36-18)26(34)31-25-22(30)12-33(32-25)11-16-4-5-17(27)9-21(16)29/h4-10,12,14H,11,13H2,1-3H3,(H,31,32,34). The van der Waals surface area contributed by atoms with Crippen molar-refractivity contribution >= 4 is 58.1 Å². The van der Waals surface area contributed by atoms with Gasteiger partial charge in [-0.3, -0.25) is 9.48 Å². The van der Waals surface area contributed by atoms with E-state index >= 15 is 0 Å². The monoisotopic (exact) mass is 565 g/mol. The van der Waals surface area contributed by atoms with Crippen molar-refractivity contribution in [2.24, 2.45) is 0 Å². The van der Waals surface area contributed by atoms with E-state index in [1.807, 2.05) is 19.1 Å². The number of anilines is 1. The third-order valence-electron chi connectivity index (χ3n) is 5.46. The number of carbonyl (C=O) groups excluding carboxylic acids is 1. The summed E-state index contributed by atoms with van der Waals surface area (Å²) in [6, 6.07) is 12.3. The van der Waals surface area contributed by atoms with Gasteiger partial charge < -0.3 is 14.5 Å². The fourth-order valence-corrected chi connectivity index (χ4v) is 4.37. The maximum atomic E-state index is 12.7. The molecule has 4 aromatic rings. The first-order valence-corrected chi connectivity index (χ1v) is 12.6. The highest BCUT2D eigenvalue weighted by atomic mass is 35.5. The van der Waals surface area contributed by atoms with Gasteiger partial charge in [-0.05, 0) is 65.9 Å². The van der Waals surface area contributed by atoms with Crippen molar-refractivity contribution in [2.75, 3.05) is 5.32 Å². The van der Waals surface area contributed by atoms with Crippen LogP contribution in [0.4, 0.5) is 5.82 Å². The van der Waals surface area contributed by atoms with Gasteiger partial charge in [-0.2, -0.15) is 5.10 Å². The zero-order valence-corrected chi connectivity index (χ0v) is 22.8. The Kier molecular flexibility index (Phi) is 8.20. The maximum absolute atomic E-state index is 12.7. The number of rotatable bonds is 8. The van der Waals surface area contributed by atoms with E-state index in [9.17, 15) is 4.79 Å². The molecule has 4 rings (SSSR count). The molecule has 188 valence electrons. The van der Waals surface area contributed by atoms with E-state index in [-0.39, 0.29) is 29.1 Å². The fourth-order valence-electron chi connectivity index (χ4n) is 3.53. The molecule has 0 unspecified atom stereocenters. The molecule has 0 saturated heterocycles. The molecule has 0 aliphatic heterocycles. The minimum Gasteiger partial charge on any atom is -0.485 e. The average molecular weight is 567 g/mol. The number of aromatic nitrogens is 2. The fraction of sp³-hybridized carbons (Fsp3) is 0.231. The van der Waals surface area contributed by atoms with E-state index in [0.717, 1.165) is 22.4 Å². The van der Waals surface area contributed by atoms with Crippen LogP contribution >= 0.6 is 46.4 Å². The van der Waals surface area contributed by atoms with Gasteiger partial charge >= 0.3 is 0 Å². The largest absolute Gasteiger partial charge is 0.485 e. The lowest BCUT2D eigenvalue weighted by molar-refractivity contribution is 0.0992. The molecule has 0 bridgehead atoms. The molecule has 0 saturated carbocycles. The van der Waals surface area contributed by atoms with Crippen LogP contribution in [-0.4, -0.2) is 15.7 Å². The number of nitrogens with zero attached hydrogens (tertiary/aromatic N) is 2. The molecule has 0 aliphatic carbocycles. The summed E-state index contributed by atoms with van der Waals surface area (Å²) in [4.78, 5) is 12.7. The number of ether oxygens (including phenoxy) is 1. The van der Waals surface area contributed by atoms with Gasteiger partial charge in [0.05, 0.1) is 6.54 Å². The van der Waals surface area contributed by atoms with Crippen molar-refractivity contribution < 1.29 is 13.9 Å². The number of furan rings is 1. The van der Waals surface area contributed by atoms with Gasteiger partial charge in [0.2, 0.25) is 0 Å². The predicted octanol–water partition coefficient (Wildman–Crippen LogP) is 8.40. The van der Waals surface area contributed by atoms with Crippen LogP contribution in [0.2, 0.25) is 20.1 Å².